The van der Waals surface area contributed by atoms with Crippen molar-refractivity contribution in [2.24, 2.45) is 0 Å². The Morgan fingerprint density at radius 2 is 2.11 bits per heavy atom. The van der Waals surface area contributed by atoms with Crippen LogP contribution in [-0.4, -0.2) is 32.3 Å². The zero-order valence-electron chi connectivity index (χ0n) is 9.57. The van der Waals surface area contributed by atoms with Gasteiger partial charge in [-0.25, -0.2) is 4.79 Å². The summed E-state index contributed by atoms with van der Waals surface area (Å²) in [6.45, 7) is -0.453. The number of carboxylic acids is 1. The molecule has 0 unspecified atom stereocenters. The molecule has 1 aliphatic rings. The van der Waals surface area contributed by atoms with E-state index in [0.717, 1.165) is 16.9 Å². The molecular formula is C10H10F3N3O3. The van der Waals surface area contributed by atoms with Crippen molar-refractivity contribution in [3.63, 3.8) is 0 Å². The fourth-order valence-corrected chi connectivity index (χ4v) is 1.57. The van der Waals surface area contributed by atoms with E-state index in [0.29, 0.717) is 12.8 Å². The molecule has 1 aromatic heterocycles. The van der Waals surface area contributed by atoms with Gasteiger partial charge in [0.05, 0.1) is 0 Å². The average Bonchev–Trinajstić information content (AvgIpc) is 2.87. The van der Waals surface area contributed by atoms with Gasteiger partial charge in [-0.1, -0.05) is 0 Å². The van der Waals surface area contributed by atoms with Crippen molar-refractivity contribution in [1.82, 2.24) is 15.1 Å². The summed E-state index contributed by atoms with van der Waals surface area (Å²) in [6.07, 6.45) is -2.91. The van der Waals surface area contributed by atoms with Gasteiger partial charge in [-0.2, -0.15) is 18.3 Å². The second-order valence-corrected chi connectivity index (χ2v) is 4.33. The zero-order chi connectivity index (χ0) is 14.3. The number of carbonyl (C=O) groups is 2. The number of hydrogen-bond acceptors (Lipinski definition) is 3. The van der Waals surface area contributed by atoms with Crippen molar-refractivity contribution in [3.8, 4) is 0 Å². The number of nitrogens with zero attached hydrogens (tertiary/aromatic N) is 2. The second kappa shape index (κ2) is 4.25. The van der Waals surface area contributed by atoms with Gasteiger partial charge in [0.15, 0.2) is 5.69 Å². The monoisotopic (exact) mass is 277 g/mol. The standard InChI is InChI=1S/C10H10F3N3O3/c11-10(12,13)6-1-4-16(15-6)5-7(17)14-9(2-3-9)8(18)19/h1,4H,2-3,5H2,(H,14,17)(H,18,19). The Balaban J connectivity index is 1.96. The van der Waals surface area contributed by atoms with Gasteiger partial charge < -0.3 is 10.4 Å². The minimum Gasteiger partial charge on any atom is -0.480 e. The fraction of sp³-hybridized carbons (Fsp3) is 0.500. The summed E-state index contributed by atoms with van der Waals surface area (Å²) in [5, 5.41) is 14.3. The number of alkyl halides is 3. The molecule has 19 heavy (non-hydrogen) atoms. The Morgan fingerprint density at radius 1 is 1.47 bits per heavy atom. The Kier molecular flexibility index (Phi) is 2.99. The molecule has 0 spiro atoms. The predicted octanol–water partition coefficient (Wildman–Crippen LogP) is 0.635. The highest BCUT2D eigenvalue weighted by atomic mass is 19.4. The molecule has 1 heterocycles. The first-order valence-corrected chi connectivity index (χ1v) is 5.38. The fourth-order valence-electron chi connectivity index (χ4n) is 1.57. The molecule has 1 fully saturated rings. The number of aromatic nitrogens is 2. The molecule has 0 aliphatic heterocycles. The molecule has 0 aromatic carbocycles. The minimum absolute atomic E-state index is 0.320. The molecule has 0 bridgehead atoms. The van der Waals surface area contributed by atoms with E-state index >= 15 is 0 Å². The number of carbonyl (C=O) groups excluding carboxylic acids is 1. The summed E-state index contributed by atoms with van der Waals surface area (Å²) in [7, 11) is 0. The van der Waals surface area contributed by atoms with Crippen LogP contribution < -0.4 is 5.32 Å². The first-order chi connectivity index (χ1) is 8.73. The van der Waals surface area contributed by atoms with Gasteiger partial charge in [-0.3, -0.25) is 9.48 Å². The van der Waals surface area contributed by atoms with Crippen LogP contribution in [0.3, 0.4) is 0 Å². The highest BCUT2D eigenvalue weighted by Crippen LogP contribution is 2.35. The average molecular weight is 277 g/mol. The van der Waals surface area contributed by atoms with E-state index in [4.69, 9.17) is 5.11 Å². The molecule has 104 valence electrons. The van der Waals surface area contributed by atoms with Gasteiger partial charge in [0.2, 0.25) is 5.91 Å². The maximum atomic E-state index is 12.3. The third kappa shape index (κ3) is 2.85. The SMILES string of the molecule is O=C(Cn1ccc(C(F)(F)F)n1)NC1(C(=O)O)CC1. The Labute approximate surface area is 105 Å². The number of rotatable bonds is 4. The Hall–Kier alpha value is -2.06. The summed E-state index contributed by atoms with van der Waals surface area (Å²) in [6, 6.07) is 0.747. The lowest BCUT2D eigenvalue weighted by atomic mass is 10.3. The third-order valence-corrected chi connectivity index (χ3v) is 2.77. The predicted molar refractivity (Wildman–Crippen MR) is 55.0 cm³/mol. The molecule has 9 heteroatoms. The smallest absolute Gasteiger partial charge is 0.435 e. The Bertz CT molecular complexity index is 520. The van der Waals surface area contributed by atoms with Gasteiger partial charge in [-0.05, 0) is 18.9 Å². The minimum atomic E-state index is -4.57. The molecule has 0 saturated heterocycles. The van der Waals surface area contributed by atoms with Gasteiger partial charge >= 0.3 is 12.1 Å². The van der Waals surface area contributed by atoms with Crippen molar-refractivity contribution in [3.05, 3.63) is 18.0 Å². The number of nitrogens with one attached hydrogen (secondary N) is 1. The van der Waals surface area contributed by atoms with Gasteiger partial charge in [-0.15, -0.1) is 0 Å². The van der Waals surface area contributed by atoms with E-state index in [2.05, 4.69) is 10.4 Å². The van der Waals surface area contributed by atoms with Crippen LogP contribution in [0.2, 0.25) is 0 Å². The molecule has 1 aliphatic carbocycles. The van der Waals surface area contributed by atoms with Crippen molar-refractivity contribution in [2.45, 2.75) is 31.1 Å². The Morgan fingerprint density at radius 3 is 2.53 bits per heavy atom. The van der Waals surface area contributed by atoms with Crippen LogP contribution in [0.15, 0.2) is 12.3 Å². The van der Waals surface area contributed by atoms with Crippen molar-refractivity contribution in [2.75, 3.05) is 0 Å². The lowest BCUT2D eigenvalue weighted by Crippen LogP contribution is -2.44. The first kappa shape index (κ1) is 13.4. The van der Waals surface area contributed by atoms with Gasteiger partial charge in [0, 0.05) is 6.20 Å². The number of carboxylic acid groups (broad SMARTS) is 1. The van der Waals surface area contributed by atoms with E-state index in [1.807, 2.05) is 0 Å². The van der Waals surface area contributed by atoms with E-state index in [1.165, 1.54) is 0 Å². The van der Waals surface area contributed by atoms with Crippen LogP contribution in [0.25, 0.3) is 0 Å². The second-order valence-electron chi connectivity index (χ2n) is 4.33. The lowest BCUT2D eigenvalue weighted by Gasteiger charge is -2.12. The number of hydrogen-bond donors (Lipinski definition) is 2. The molecule has 6 nitrogen and oxygen atoms in total. The van der Waals surface area contributed by atoms with E-state index in [1.54, 1.807) is 0 Å². The molecule has 1 aromatic rings. The largest absolute Gasteiger partial charge is 0.480 e. The highest BCUT2D eigenvalue weighted by molar-refractivity contribution is 5.89. The molecule has 1 saturated carbocycles. The van der Waals surface area contributed by atoms with Crippen molar-refractivity contribution >= 4 is 11.9 Å². The summed E-state index contributed by atoms with van der Waals surface area (Å²) < 4.78 is 37.6. The summed E-state index contributed by atoms with van der Waals surface area (Å²) in [4.78, 5) is 22.3. The molecular weight excluding hydrogens is 267 g/mol. The number of aliphatic carboxylic acids is 1. The van der Waals surface area contributed by atoms with Crippen LogP contribution in [0.4, 0.5) is 13.2 Å². The van der Waals surface area contributed by atoms with Crippen LogP contribution in [0, 0.1) is 0 Å². The molecule has 2 rings (SSSR count). The van der Waals surface area contributed by atoms with Crippen LogP contribution in [0.1, 0.15) is 18.5 Å². The molecule has 0 radical (unpaired) electrons. The van der Waals surface area contributed by atoms with E-state index in [-0.39, 0.29) is 0 Å². The maximum Gasteiger partial charge on any atom is 0.435 e. The van der Waals surface area contributed by atoms with Gasteiger partial charge in [0.25, 0.3) is 0 Å². The van der Waals surface area contributed by atoms with E-state index in [9.17, 15) is 22.8 Å². The first-order valence-electron chi connectivity index (χ1n) is 5.38. The topological polar surface area (TPSA) is 84.2 Å². The van der Waals surface area contributed by atoms with Gasteiger partial charge in [0.1, 0.15) is 12.1 Å². The maximum absolute atomic E-state index is 12.3. The molecule has 1 amide bonds. The summed E-state index contributed by atoms with van der Waals surface area (Å²) in [5.74, 6) is -1.82. The van der Waals surface area contributed by atoms with Crippen LogP contribution in [0.5, 0.6) is 0 Å². The lowest BCUT2D eigenvalue weighted by molar-refractivity contribution is -0.143. The third-order valence-electron chi connectivity index (χ3n) is 2.77. The normalized spacial score (nSPS) is 17.0. The zero-order valence-corrected chi connectivity index (χ0v) is 9.57. The van der Waals surface area contributed by atoms with Crippen molar-refractivity contribution in [1.29, 1.82) is 0 Å². The highest BCUT2D eigenvalue weighted by Gasteiger charge is 2.51. The van der Waals surface area contributed by atoms with Crippen LogP contribution >= 0.6 is 0 Å². The van der Waals surface area contributed by atoms with Crippen molar-refractivity contribution < 1.29 is 27.9 Å². The van der Waals surface area contributed by atoms with Crippen LogP contribution in [-0.2, 0) is 22.3 Å². The summed E-state index contributed by atoms with van der Waals surface area (Å²) in [5.41, 5.74) is -2.35. The molecule has 2 N–H and O–H groups in total. The summed E-state index contributed by atoms with van der Waals surface area (Å²) >= 11 is 0. The number of amides is 1. The van der Waals surface area contributed by atoms with E-state index < -0.39 is 35.8 Å². The molecule has 0 atom stereocenters. The number of halogens is 3. The quantitative estimate of drug-likeness (QED) is 0.845.